The summed E-state index contributed by atoms with van der Waals surface area (Å²) in [5, 5.41) is 0. The maximum atomic E-state index is 10.0. The van der Waals surface area contributed by atoms with Crippen molar-refractivity contribution in [2.24, 2.45) is 0 Å². The predicted octanol–water partition coefficient (Wildman–Crippen LogP) is 3.46. The molecule has 1 aromatic carbocycles. The Balaban J connectivity index is 2.21. The fraction of sp³-hybridized carbons (Fsp3) is 0.267. The molecule has 0 heterocycles. The Labute approximate surface area is 97.2 Å². The first-order chi connectivity index (χ1) is 7.93. The van der Waals surface area contributed by atoms with E-state index in [1.165, 1.54) is 0 Å². The third kappa shape index (κ3) is 5.82. The molecule has 1 rings (SSSR count). The van der Waals surface area contributed by atoms with Gasteiger partial charge in [0.15, 0.2) is 0 Å². The summed E-state index contributed by atoms with van der Waals surface area (Å²) < 4.78 is 0. The molecule has 1 aromatic rings. The minimum atomic E-state index is 0.654. The van der Waals surface area contributed by atoms with Crippen LogP contribution in [0.3, 0.4) is 0 Å². The summed E-state index contributed by atoms with van der Waals surface area (Å²) in [5.74, 6) is 6.05. The zero-order valence-corrected chi connectivity index (χ0v) is 9.36. The van der Waals surface area contributed by atoms with Crippen molar-refractivity contribution in [3.8, 4) is 11.8 Å². The Bertz CT molecular complexity index is 379. The largest absolute Gasteiger partial charge is 0.303 e. The highest BCUT2D eigenvalue weighted by molar-refractivity contribution is 5.52. The van der Waals surface area contributed by atoms with Gasteiger partial charge in [-0.3, -0.25) is 0 Å². The molecule has 1 heteroatoms. The minimum Gasteiger partial charge on any atom is -0.303 e. The summed E-state index contributed by atoms with van der Waals surface area (Å²) in [6, 6.07) is 10.1. The molecule has 0 saturated carbocycles. The molecular formula is C15H16O. The molecular weight excluding hydrogens is 196 g/mol. The topological polar surface area (TPSA) is 17.1 Å². The Morgan fingerprint density at radius 3 is 2.69 bits per heavy atom. The van der Waals surface area contributed by atoms with Gasteiger partial charge in [0.1, 0.15) is 6.29 Å². The summed E-state index contributed by atoms with van der Waals surface area (Å²) in [6.45, 7) is 0. The second-order valence-electron chi connectivity index (χ2n) is 3.48. The van der Waals surface area contributed by atoms with Crippen LogP contribution >= 0.6 is 0 Å². The monoisotopic (exact) mass is 212 g/mol. The molecule has 0 unspecified atom stereocenters. The van der Waals surface area contributed by atoms with Crippen LogP contribution in [0.5, 0.6) is 0 Å². The smallest absolute Gasteiger partial charge is 0.119 e. The average Bonchev–Trinajstić information content (AvgIpc) is 2.34. The Kier molecular flexibility index (Phi) is 6.51. The van der Waals surface area contributed by atoms with Gasteiger partial charge in [-0.05, 0) is 30.6 Å². The van der Waals surface area contributed by atoms with Crippen molar-refractivity contribution in [1.82, 2.24) is 0 Å². The molecule has 0 fully saturated rings. The van der Waals surface area contributed by atoms with E-state index in [0.29, 0.717) is 6.42 Å². The molecule has 0 bridgehead atoms. The van der Waals surface area contributed by atoms with Gasteiger partial charge in [-0.25, -0.2) is 0 Å². The van der Waals surface area contributed by atoms with Crippen molar-refractivity contribution in [1.29, 1.82) is 0 Å². The fourth-order valence-corrected chi connectivity index (χ4v) is 1.27. The Hall–Kier alpha value is -1.81. The second-order valence-corrected chi connectivity index (χ2v) is 3.48. The molecule has 0 saturated heterocycles. The summed E-state index contributed by atoms with van der Waals surface area (Å²) in [6.07, 6.45) is 8.30. The van der Waals surface area contributed by atoms with Gasteiger partial charge in [0.25, 0.3) is 0 Å². The molecule has 0 aliphatic rings. The van der Waals surface area contributed by atoms with Crippen molar-refractivity contribution in [3.63, 3.8) is 0 Å². The van der Waals surface area contributed by atoms with Gasteiger partial charge >= 0.3 is 0 Å². The third-order valence-corrected chi connectivity index (χ3v) is 2.13. The number of hydrogen-bond donors (Lipinski definition) is 0. The van der Waals surface area contributed by atoms with Gasteiger partial charge in [-0.15, -0.1) is 0 Å². The maximum absolute atomic E-state index is 10.0. The number of unbranched alkanes of at least 4 members (excludes halogenated alkanes) is 3. The lowest BCUT2D eigenvalue weighted by Crippen LogP contribution is -1.75. The van der Waals surface area contributed by atoms with Crippen molar-refractivity contribution in [2.75, 3.05) is 0 Å². The van der Waals surface area contributed by atoms with E-state index in [4.69, 9.17) is 0 Å². The number of rotatable bonds is 5. The molecule has 0 radical (unpaired) electrons. The number of carbonyl (C=O) groups is 1. The second kappa shape index (κ2) is 8.49. The van der Waals surface area contributed by atoms with Crippen molar-refractivity contribution in [3.05, 3.63) is 42.0 Å². The van der Waals surface area contributed by atoms with Crippen LogP contribution in [0.25, 0.3) is 6.08 Å². The standard InChI is InChI=1S/C15H16O/c16-14-10-5-3-1-2-4-7-11-15-12-8-6-9-13-15/h6-9,11-14H,1,3,5,10H2. The Morgan fingerprint density at radius 1 is 1.12 bits per heavy atom. The zero-order chi connectivity index (χ0) is 11.5. The van der Waals surface area contributed by atoms with E-state index in [1.807, 2.05) is 42.5 Å². The summed E-state index contributed by atoms with van der Waals surface area (Å²) in [4.78, 5) is 10.0. The van der Waals surface area contributed by atoms with Crippen LogP contribution in [0.15, 0.2) is 36.4 Å². The van der Waals surface area contributed by atoms with Crippen LogP contribution in [-0.2, 0) is 4.79 Å². The number of aldehydes is 1. The van der Waals surface area contributed by atoms with Crippen LogP contribution in [-0.4, -0.2) is 6.29 Å². The average molecular weight is 212 g/mol. The molecule has 0 spiro atoms. The molecule has 0 amide bonds. The van der Waals surface area contributed by atoms with Crippen LogP contribution in [0.1, 0.15) is 31.2 Å². The lowest BCUT2D eigenvalue weighted by atomic mass is 10.2. The van der Waals surface area contributed by atoms with Gasteiger partial charge < -0.3 is 4.79 Å². The van der Waals surface area contributed by atoms with E-state index < -0.39 is 0 Å². The molecule has 82 valence electrons. The van der Waals surface area contributed by atoms with Gasteiger partial charge in [-0.2, -0.15) is 0 Å². The van der Waals surface area contributed by atoms with E-state index in [0.717, 1.165) is 31.1 Å². The first-order valence-corrected chi connectivity index (χ1v) is 5.57. The molecule has 0 aliphatic carbocycles. The zero-order valence-electron chi connectivity index (χ0n) is 9.36. The first kappa shape index (κ1) is 12.3. The minimum absolute atomic E-state index is 0.654. The SMILES string of the molecule is O=CCCCCC#CC=Cc1ccccc1. The lowest BCUT2D eigenvalue weighted by Gasteiger charge is -1.88. The van der Waals surface area contributed by atoms with Crippen LogP contribution in [0.4, 0.5) is 0 Å². The molecule has 0 aliphatic heterocycles. The molecule has 0 aromatic heterocycles. The van der Waals surface area contributed by atoms with E-state index >= 15 is 0 Å². The highest BCUT2D eigenvalue weighted by atomic mass is 16.1. The highest BCUT2D eigenvalue weighted by Crippen LogP contribution is 2.00. The van der Waals surface area contributed by atoms with Gasteiger partial charge in [0.2, 0.25) is 0 Å². The Morgan fingerprint density at radius 2 is 1.94 bits per heavy atom. The molecule has 0 N–H and O–H groups in total. The first-order valence-electron chi connectivity index (χ1n) is 5.57. The van der Waals surface area contributed by atoms with E-state index in [1.54, 1.807) is 0 Å². The van der Waals surface area contributed by atoms with Crippen molar-refractivity contribution in [2.45, 2.75) is 25.7 Å². The fourth-order valence-electron chi connectivity index (χ4n) is 1.27. The normalized spacial score (nSPS) is 9.75. The number of benzene rings is 1. The summed E-state index contributed by atoms with van der Waals surface area (Å²) in [7, 11) is 0. The lowest BCUT2D eigenvalue weighted by molar-refractivity contribution is -0.107. The van der Waals surface area contributed by atoms with Crippen molar-refractivity contribution >= 4 is 12.4 Å². The van der Waals surface area contributed by atoms with Crippen LogP contribution in [0.2, 0.25) is 0 Å². The number of allylic oxidation sites excluding steroid dienone is 1. The maximum Gasteiger partial charge on any atom is 0.119 e. The van der Waals surface area contributed by atoms with E-state index in [2.05, 4.69) is 11.8 Å². The summed E-state index contributed by atoms with van der Waals surface area (Å²) >= 11 is 0. The quantitative estimate of drug-likeness (QED) is 0.415. The van der Waals surface area contributed by atoms with Crippen LogP contribution < -0.4 is 0 Å². The highest BCUT2D eigenvalue weighted by Gasteiger charge is 1.83. The predicted molar refractivity (Wildman–Crippen MR) is 67.8 cm³/mol. The summed E-state index contributed by atoms with van der Waals surface area (Å²) in [5.41, 5.74) is 1.16. The third-order valence-electron chi connectivity index (χ3n) is 2.13. The van der Waals surface area contributed by atoms with E-state index in [9.17, 15) is 4.79 Å². The molecule has 16 heavy (non-hydrogen) atoms. The van der Waals surface area contributed by atoms with Gasteiger partial charge in [0, 0.05) is 12.8 Å². The van der Waals surface area contributed by atoms with E-state index in [-0.39, 0.29) is 0 Å². The molecule has 0 atom stereocenters. The van der Waals surface area contributed by atoms with Gasteiger partial charge in [-0.1, -0.05) is 42.2 Å². The van der Waals surface area contributed by atoms with Crippen LogP contribution in [0, 0.1) is 11.8 Å². The number of hydrogen-bond acceptors (Lipinski definition) is 1. The number of carbonyl (C=O) groups excluding carboxylic acids is 1. The van der Waals surface area contributed by atoms with Crippen molar-refractivity contribution < 1.29 is 4.79 Å². The molecule has 1 nitrogen and oxygen atoms in total. The van der Waals surface area contributed by atoms with Gasteiger partial charge in [0.05, 0.1) is 0 Å².